The van der Waals surface area contributed by atoms with Crippen molar-refractivity contribution in [3.05, 3.63) is 48.3 Å². The number of aromatic nitrogens is 2. The van der Waals surface area contributed by atoms with E-state index in [0.717, 1.165) is 27.9 Å². The Labute approximate surface area is 140 Å². The molecule has 0 spiro atoms. The van der Waals surface area contributed by atoms with Gasteiger partial charge in [-0.25, -0.2) is 4.79 Å². The number of ether oxygens (including phenoxy) is 1. The third kappa shape index (κ3) is 2.62. The Kier molecular flexibility index (Phi) is 3.79. The molecule has 3 rings (SSSR count). The molecule has 1 aromatic carbocycles. The molecule has 2 aromatic heterocycles. The predicted octanol–water partition coefficient (Wildman–Crippen LogP) is 3.79. The zero-order valence-corrected chi connectivity index (χ0v) is 14.2. The lowest BCUT2D eigenvalue weighted by Gasteiger charge is -2.21. The molecule has 0 aliphatic rings. The van der Waals surface area contributed by atoms with Crippen LogP contribution in [0.25, 0.3) is 22.2 Å². The monoisotopic (exact) mass is 324 g/mol. The Morgan fingerprint density at radius 3 is 2.62 bits per heavy atom. The molecule has 0 aliphatic heterocycles. The Morgan fingerprint density at radius 2 is 2.00 bits per heavy atom. The molecule has 0 amide bonds. The summed E-state index contributed by atoms with van der Waals surface area (Å²) < 4.78 is 7.78. The number of benzene rings is 1. The van der Waals surface area contributed by atoms with Crippen LogP contribution in [-0.4, -0.2) is 26.2 Å². The molecule has 0 aliphatic carbocycles. The molecule has 0 unspecified atom stereocenters. The van der Waals surface area contributed by atoms with Crippen LogP contribution in [-0.2, 0) is 11.8 Å². The summed E-state index contributed by atoms with van der Waals surface area (Å²) in [5, 5.41) is 10.3. The standard InChI is InChI=1S/C19H20N2O3/c1-12-17(15-7-5-6-10-20-15)14-11-13(8-9-16(14)21(12)4)24-19(2,3)18(22)23/h5-11H,1-4H3,(H,22,23). The van der Waals surface area contributed by atoms with Crippen LogP contribution in [0.4, 0.5) is 0 Å². The van der Waals surface area contributed by atoms with Gasteiger partial charge in [-0.15, -0.1) is 0 Å². The zero-order chi connectivity index (χ0) is 17.5. The van der Waals surface area contributed by atoms with Crippen molar-refractivity contribution in [2.24, 2.45) is 7.05 Å². The summed E-state index contributed by atoms with van der Waals surface area (Å²) in [5.41, 5.74) is 2.77. The van der Waals surface area contributed by atoms with Gasteiger partial charge in [0, 0.05) is 35.4 Å². The van der Waals surface area contributed by atoms with Gasteiger partial charge in [-0.3, -0.25) is 4.98 Å². The van der Waals surface area contributed by atoms with E-state index in [-0.39, 0.29) is 0 Å². The predicted molar refractivity (Wildman–Crippen MR) is 93.2 cm³/mol. The van der Waals surface area contributed by atoms with Crippen LogP contribution in [0, 0.1) is 6.92 Å². The van der Waals surface area contributed by atoms with Crippen LogP contribution in [0.5, 0.6) is 5.75 Å². The molecule has 3 aromatic rings. The number of nitrogens with zero attached hydrogens (tertiary/aromatic N) is 2. The zero-order valence-electron chi connectivity index (χ0n) is 14.2. The van der Waals surface area contributed by atoms with Crippen molar-refractivity contribution in [1.82, 2.24) is 9.55 Å². The molecule has 0 radical (unpaired) electrons. The van der Waals surface area contributed by atoms with E-state index < -0.39 is 11.6 Å². The van der Waals surface area contributed by atoms with E-state index in [1.54, 1.807) is 12.3 Å². The van der Waals surface area contributed by atoms with E-state index in [1.807, 2.05) is 44.3 Å². The van der Waals surface area contributed by atoms with Gasteiger partial charge in [-0.1, -0.05) is 6.07 Å². The maximum atomic E-state index is 11.3. The van der Waals surface area contributed by atoms with Crippen molar-refractivity contribution in [3.63, 3.8) is 0 Å². The van der Waals surface area contributed by atoms with Crippen LogP contribution in [0.1, 0.15) is 19.5 Å². The minimum atomic E-state index is -1.29. The average molecular weight is 324 g/mol. The van der Waals surface area contributed by atoms with E-state index >= 15 is 0 Å². The summed E-state index contributed by atoms with van der Waals surface area (Å²) in [6.45, 7) is 5.12. The highest BCUT2D eigenvalue weighted by Gasteiger charge is 2.29. The number of rotatable bonds is 4. The van der Waals surface area contributed by atoms with Gasteiger partial charge in [0.25, 0.3) is 0 Å². The summed E-state index contributed by atoms with van der Waals surface area (Å²) in [6.07, 6.45) is 1.77. The van der Waals surface area contributed by atoms with Crippen molar-refractivity contribution in [2.45, 2.75) is 26.4 Å². The van der Waals surface area contributed by atoms with Gasteiger partial charge in [-0.05, 0) is 51.1 Å². The Hall–Kier alpha value is -2.82. The van der Waals surface area contributed by atoms with Crippen LogP contribution < -0.4 is 4.74 Å². The van der Waals surface area contributed by atoms with E-state index in [4.69, 9.17) is 4.74 Å². The lowest BCUT2D eigenvalue weighted by molar-refractivity contribution is -0.152. The largest absolute Gasteiger partial charge is 0.478 e. The van der Waals surface area contributed by atoms with E-state index in [1.165, 1.54) is 13.8 Å². The number of carbonyl (C=O) groups is 1. The third-order valence-corrected chi connectivity index (χ3v) is 4.27. The fraction of sp³-hybridized carbons (Fsp3) is 0.263. The summed E-state index contributed by atoms with van der Waals surface area (Å²) in [7, 11) is 2.01. The third-order valence-electron chi connectivity index (χ3n) is 4.27. The summed E-state index contributed by atoms with van der Waals surface area (Å²) in [6, 6.07) is 11.4. The first-order valence-corrected chi connectivity index (χ1v) is 7.74. The summed E-state index contributed by atoms with van der Waals surface area (Å²) in [5.74, 6) is -0.477. The van der Waals surface area contributed by atoms with Gasteiger partial charge in [0.2, 0.25) is 0 Å². The first-order chi connectivity index (χ1) is 11.3. The quantitative estimate of drug-likeness (QED) is 0.793. The molecule has 5 nitrogen and oxygen atoms in total. The van der Waals surface area contributed by atoms with Crippen LogP contribution in [0.2, 0.25) is 0 Å². The van der Waals surface area contributed by atoms with Gasteiger partial charge >= 0.3 is 5.97 Å². The number of carboxylic acids is 1. The molecule has 0 bridgehead atoms. The smallest absolute Gasteiger partial charge is 0.347 e. The van der Waals surface area contributed by atoms with Crippen LogP contribution >= 0.6 is 0 Å². The van der Waals surface area contributed by atoms with Crippen molar-refractivity contribution in [1.29, 1.82) is 0 Å². The fourth-order valence-electron chi connectivity index (χ4n) is 2.79. The second-order valence-electron chi connectivity index (χ2n) is 6.33. The van der Waals surface area contributed by atoms with Gasteiger partial charge in [0.1, 0.15) is 5.75 Å². The number of pyridine rings is 1. The molecule has 2 heterocycles. The molecular weight excluding hydrogens is 304 g/mol. The Morgan fingerprint density at radius 1 is 1.25 bits per heavy atom. The number of aliphatic carboxylic acids is 1. The molecule has 1 N–H and O–H groups in total. The first-order valence-electron chi connectivity index (χ1n) is 7.74. The topological polar surface area (TPSA) is 64.3 Å². The van der Waals surface area contributed by atoms with Crippen molar-refractivity contribution >= 4 is 16.9 Å². The first kappa shape index (κ1) is 16.1. The van der Waals surface area contributed by atoms with Gasteiger partial charge in [0.15, 0.2) is 5.60 Å². The Bertz CT molecular complexity index is 911. The second kappa shape index (κ2) is 5.67. The van der Waals surface area contributed by atoms with E-state index in [0.29, 0.717) is 5.75 Å². The number of fused-ring (bicyclic) bond motifs is 1. The number of hydrogen-bond acceptors (Lipinski definition) is 3. The van der Waals surface area contributed by atoms with E-state index in [9.17, 15) is 9.90 Å². The van der Waals surface area contributed by atoms with Crippen molar-refractivity contribution in [3.8, 4) is 17.0 Å². The Balaban J connectivity index is 2.17. The summed E-state index contributed by atoms with van der Waals surface area (Å²) >= 11 is 0. The average Bonchev–Trinajstić information content (AvgIpc) is 2.79. The molecular formula is C19H20N2O3. The minimum absolute atomic E-state index is 0.526. The summed E-state index contributed by atoms with van der Waals surface area (Å²) in [4.78, 5) is 15.8. The highest BCUT2D eigenvalue weighted by Crippen LogP contribution is 2.35. The molecule has 0 saturated carbocycles. The van der Waals surface area contributed by atoms with E-state index in [2.05, 4.69) is 9.55 Å². The van der Waals surface area contributed by atoms with Gasteiger partial charge < -0.3 is 14.4 Å². The fourth-order valence-corrected chi connectivity index (χ4v) is 2.79. The van der Waals surface area contributed by atoms with Gasteiger partial charge in [-0.2, -0.15) is 0 Å². The number of hydrogen-bond donors (Lipinski definition) is 1. The van der Waals surface area contributed by atoms with Gasteiger partial charge in [0.05, 0.1) is 5.69 Å². The molecule has 0 fully saturated rings. The second-order valence-corrected chi connectivity index (χ2v) is 6.33. The SMILES string of the molecule is Cc1c(-c2ccccn2)c2cc(OC(C)(C)C(=O)O)ccc2n1C. The lowest BCUT2D eigenvalue weighted by atomic mass is 10.1. The molecule has 124 valence electrons. The minimum Gasteiger partial charge on any atom is -0.478 e. The molecule has 24 heavy (non-hydrogen) atoms. The van der Waals surface area contributed by atoms with Crippen LogP contribution in [0.15, 0.2) is 42.6 Å². The highest BCUT2D eigenvalue weighted by molar-refractivity contribution is 5.98. The lowest BCUT2D eigenvalue weighted by Crippen LogP contribution is -2.37. The van der Waals surface area contributed by atoms with Crippen LogP contribution in [0.3, 0.4) is 0 Å². The maximum absolute atomic E-state index is 11.3. The number of carboxylic acid groups (broad SMARTS) is 1. The van der Waals surface area contributed by atoms with Crippen molar-refractivity contribution in [2.75, 3.05) is 0 Å². The normalized spacial score (nSPS) is 11.7. The molecule has 0 saturated heterocycles. The molecule has 5 heteroatoms. The number of aryl methyl sites for hydroxylation is 1. The highest BCUT2D eigenvalue weighted by atomic mass is 16.5. The van der Waals surface area contributed by atoms with Crippen molar-refractivity contribution < 1.29 is 14.6 Å². The molecule has 0 atom stereocenters. The maximum Gasteiger partial charge on any atom is 0.347 e.